The molecule has 0 atom stereocenters. The van der Waals surface area contributed by atoms with Gasteiger partial charge in [0, 0.05) is 0 Å². The molecule has 5 nitrogen and oxygen atoms in total. The Kier molecular flexibility index (Phi) is 6.89. The molecule has 0 saturated heterocycles. The standard InChI is InChI=1S/C19H24B2O5/c1-13(2)15-5-9-17(10-6-15)20(23)25-19(22)26-21(24)18-11-7-16(8-12-18)14(3)4/h5-14,23-24H,1-4H3. The molecule has 0 aliphatic heterocycles. The van der Waals surface area contributed by atoms with E-state index in [0.29, 0.717) is 22.8 Å². The van der Waals surface area contributed by atoms with Gasteiger partial charge >= 0.3 is 20.4 Å². The summed E-state index contributed by atoms with van der Waals surface area (Å²) >= 11 is 0. The molecule has 0 aromatic heterocycles. The Morgan fingerprint density at radius 3 is 1.31 bits per heavy atom. The summed E-state index contributed by atoms with van der Waals surface area (Å²) in [6.45, 7) is 8.26. The van der Waals surface area contributed by atoms with Gasteiger partial charge in [-0.15, -0.1) is 0 Å². The third-order valence-electron chi connectivity index (χ3n) is 4.19. The van der Waals surface area contributed by atoms with Crippen LogP contribution in [0.1, 0.15) is 50.7 Å². The van der Waals surface area contributed by atoms with E-state index in [1.54, 1.807) is 24.3 Å². The fourth-order valence-corrected chi connectivity index (χ4v) is 2.44. The number of carbonyl (C=O) groups excluding carboxylic acids is 1. The fraction of sp³-hybridized carbons (Fsp3) is 0.316. The monoisotopic (exact) mass is 354 g/mol. The Hall–Kier alpha value is -2.24. The number of rotatable bonds is 6. The first-order chi connectivity index (χ1) is 12.3. The van der Waals surface area contributed by atoms with Crippen molar-refractivity contribution in [3.05, 3.63) is 59.7 Å². The van der Waals surface area contributed by atoms with Gasteiger partial charge in [0.15, 0.2) is 0 Å². The van der Waals surface area contributed by atoms with Crippen molar-refractivity contribution in [2.75, 3.05) is 0 Å². The van der Waals surface area contributed by atoms with Crippen molar-refractivity contribution in [2.45, 2.75) is 39.5 Å². The first kappa shape index (κ1) is 20.1. The third-order valence-corrected chi connectivity index (χ3v) is 4.19. The van der Waals surface area contributed by atoms with Crippen LogP contribution >= 0.6 is 0 Å². The molecule has 0 amide bonds. The molecule has 0 aliphatic carbocycles. The van der Waals surface area contributed by atoms with Gasteiger partial charge < -0.3 is 19.4 Å². The van der Waals surface area contributed by atoms with Crippen LogP contribution < -0.4 is 10.9 Å². The average molecular weight is 354 g/mol. The van der Waals surface area contributed by atoms with Gasteiger partial charge in [-0.25, -0.2) is 4.79 Å². The molecule has 2 N–H and O–H groups in total. The molecule has 0 radical (unpaired) electrons. The maximum atomic E-state index is 11.8. The molecule has 26 heavy (non-hydrogen) atoms. The van der Waals surface area contributed by atoms with E-state index in [-0.39, 0.29) is 0 Å². The molecule has 0 fully saturated rings. The summed E-state index contributed by atoms with van der Waals surface area (Å²) in [5.74, 6) is 0.730. The highest BCUT2D eigenvalue weighted by molar-refractivity contribution is 6.63. The van der Waals surface area contributed by atoms with Gasteiger partial charge in [-0.2, -0.15) is 0 Å². The van der Waals surface area contributed by atoms with E-state index in [1.165, 1.54) is 0 Å². The number of hydrogen-bond acceptors (Lipinski definition) is 5. The Labute approximate surface area is 155 Å². The van der Waals surface area contributed by atoms with Crippen LogP contribution in [0.25, 0.3) is 0 Å². The second kappa shape index (κ2) is 8.92. The first-order valence-corrected chi connectivity index (χ1v) is 8.71. The van der Waals surface area contributed by atoms with E-state index in [4.69, 9.17) is 9.31 Å². The molecule has 0 aliphatic rings. The minimum Gasteiger partial charge on any atom is -0.474 e. The van der Waals surface area contributed by atoms with Crippen molar-refractivity contribution in [3.8, 4) is 0 Å². The molecule has 0 unspecified atom stereocenters. The van der Waals surface area contributed by atoms with Crippen molar-refractivity contribution < 1.29 is 24.2 Å². The van der Waals surface area contributed by atoms with Gasteiger partial charge in [-0.3, -0.25) is 0 Å². The molecule has 0 saturated carbocycles. The molecular formula is C19H24B2O5. The Morgan fingerprint density at radius 1 is 0.731 bits per heavy atom. The average Bonchev–Trinajstić information content (AvgIpc) is 2.61. The van der Waals surface area contributed by atoms with E-state index in [0.717, 1.165) is 11.1 Å². The first-order valence-electron chi connectivity index (χ1n) is 8.71. The van der Waals surface area contributed by atoms with E-state index in [2.05, 4.69) is 27.7 Å². The fourth-order valence-electron chi connectivity index (χ4n) is 2.44. The van der Waals surface area contributed by atoms with Crippen LogP contribution in [0.3, 0.4) is 0 Å². The zero-order chi connectivity index (χ0) is 19.3. The minimum atomic E-state index is -1.46. The Bertz CT molecular complexity index is 652. The summed E-state index contributed by atoms with van der Waals surface area (Å²) in [6.07, 6.45) is -1.15. The molecule has 7 heteroatoms. The summed E-state index contributed by atoms with van der Waals surface area (Å²) in [4.78, 5) is 11.8. The summed E-state index contributed by atoms with van der Waals surface area (Å²) in [5, 5.41) is 20.0. The topological polar surface area (TPSA) is 76.0 Å². The molecule has 2 aromatic carbocycles. The van der Waals surface area contributed by atoms with Crippen LogP contribution in [-0.2, 0) is 9.31 Å². The normalized spacial score (nSPS) is 10.8. The predicted molar refractivity (Wildman–Crippen MR) is 104 cm³/mol. The lowest BCUT2D eigenvalue weighted by Crippen LogP contribution is -2.41. The second-order valence-corrected chi connectivity index (χ2v) is 6.83. The number of benzene rings is 2. The van der Waals surface area contributed by atoms with E-state index in [9.17, 15) is 14.8 Å². The lowest BCUT2D eigenvalue weighted by molar-refractivity contribution is 0.138. The SMILES string of the molecule is CC(C)c1ccc(B(O)OC(=O)OB(O)c2ccc(C(C)C)cc2)cc1. The number of carbonyl (C=O) groups is 1. The lowest BCUT2D eigenvalue weighted by Gasteiger charge is -2.13. The van der Waals surface area contributed by atoms with E-state index < -0.39 is 20.4 Å². The van der Waals surface area contributed by atoms with Crippen molar-refractivity contribution in [1.82, 2.24) is 0 Å². The highest BCUT2D eigenvalue weighted by atomic mass is 16.7. The quantitative estimate of drug-likeness (QED) is 0.778. The lowest BCUT2D eigenvalue weighted by atomic mass is 9.78. The maximum Gasteiger partial charge on any atom is 0.564 e. The van der Waals surface area contributed by atoms with Crippen LogP contribution in [0.4, 0.5) is 4.79 Å². The molecule has 2 rings (SSSR count). The highest BCUT2D eigenvalue weighted by Gasteiger charge is 2.27. The predicted octanol–water partition coefficient (Wildman–Crippen LogP) is 2.16. The maximum absolute atomic E-state index is 11.8. The smallest absolute Gasteiger partial charge is 0.474 e. The molecule has 136 valence electrons. The van der Waals surface area contributed by atoms with Crippen molar-refractivity contribution >= 4 is 31.3 Å². The van der Waals surface area contributed by atoms with Gasteiger partial charge in [0.05, 0.1) is 0 Å². The molecule has 0 bridgehead atoms. The van der Waals surface area contributed by atoms with Crippen molar-refractivity contribution in [1.29, 1.82) is 0 Å². The van der Waals surface area contributed by atoms with Crippen LogP contribution in [0, 0.1) is 0 Å². The summed E-state index contributed by atoms with van der Waals surface area (Å²) < 4.78 is 9.65. The van der Waals surface area contributed by atoms with E-state index >= 15 is 0 Å². The van der Waals surface area contributed by atoms with E-state index in [1.807, 2.05) is 24.3 Å². The van der Waals surface area contributed by atoms with Gasteiger partial charge in [0.1, 0.15) is 0 Å². The Balaban J connectivity index is 1.92. The van der Waals surface area contributed by atoms with Crippen LogP contribution in [0.5, 0.6) is 0 Å². The summed E-state index contributed by atoms with van der Waals surface area (Å²) in [5.41, 5.74) is 3.09. The van der Waals surface area contributed by atoms with Crippen LogP contribution in [-0.4, -0.2) is 30.4 Å². The molecule has 2 aromatic rings. The van der Waals surface area contributed by atoms with Gasteiger partial charge in [0.25, 0.3) is 0 Å². The molecule has 0 heterocycles. The zero-order valence-corrected chi connectivity index (χ0v) is 15.5. The highest BCUT2D eigenvalue weighted by Crippen LogP contribution is 2.13. The Morgan fingerprint density at radius 2 is 1.04 bits per heavy atom. The van der Waals surface area contributed by atoms with Gasteiger partial charge in [-0.05, 0) is 33.9 Å². The molecule has 0 spiro atoms. The molecular weight excluding hydrogens is 330 g/mol. The van der Waals surface area contributed by atoms with Gasteiger partial charge in [0.2, 0.25) is 0 Å². The van der Waals surface area contributed by atoms with Gasteiger partial charge in [-0.1, -0.05) is 76.2 Å². The number of hydrogen-bond donors (Lipinski definition) is 2. The summed E-state index contributed by atoms with van der Waals surface area (Å²) in [6, 6.07) is 14.2. The van der Waals surface area contributed by atoms with Crippen LogP contribution in [0.15, 0.2) is 48.5 Å². The third kappa shape index (κ3) is 5.38. The second-order valence-electron chi connectivity index (χ2n) is 6.83. The largest absolute Gasteiger partial charge is 0.564 e. The van der Waals surface area contributed by atoms with Crippen molar-refractivity contribution in [3.63, 3.8) is 0 Å². The van der Waals surface area contributed by atoms with Crippen molar-refractivity contribution in [2.24, 2.45) is 0 Å². The minimum absolute atomic E-state index is 0.365. The van der Waals surface area contributed by atoms with Crippen LogP contribution in [0.2, 0.25) is 0 Å². The summed E-state index contributed by atoms with van der Waals surface area (Å²) in [7, 11) is -2.92. The zero-order valence-electron chi connectivity index (χ0n) is 15.5.